The summed E-state index contributed by atoms with van der Waals surface area (Å²) in [6, 6.07) is 23.9. The van der Waals surface area contributed by atoms with E-state index >= 15 is 0 Å². The van der Waals surface area contributed by atoms with Gasteiger partial charge in [0.2, 0.25) is 5.91 Å². The summed E-state index contributed by atoms with van der Waals surface area (Å²) in [5.41, 5.74) is 5.07. The van der Waals surface area contributed by atoms with Crippen LogP contribution in [0.3, 0.4) is 0 Å². The fourth-order valence-electron chi connectivity index (χ4n) is 3.64. The Balaban J connectivity index is 1.45. The first-order valence-corrected chi connectivity index (χ1v) is 12.2. The molecule has 0 bridgehead atoms. The summed E-state index contributed by atoms with van der Waals surface area (Å²) in [6.07, 6.45) is 1.67. The zero-order chi connectivity index (χ0) is 24.6. The first-order chi connectivity index (χ1) is 17.0. The molecule has 35 heavy (non-hydrogen) atoms. The van der Waals surface area contributed by atoms with Gasteiger partial charge in [-0.25, -0.2) is 9.82 Å². The quantitative estimate of drug-likeness (QED) is 0.144. The van der Waals surface area contributed by atoms with Gasteiger partial charge in [0, 0.05) is 0 Å². The molecule has 0 aliphatic carbocycles. The Bertz CT molecular complexity index is 1350. The number of ether oxygens (including phenoxy) is 2. The fourth-order valence-corrected chi connectivity index (χ4v) is 4.42. The van der Waals surface area contributed by atoms with Gasteiger partial charge < -0.3 is 9.47 Å². The Kier molecular flexibility index (Phi) is 8.31. The molecule has 4 aromatic carbocycles. The van der Waals surface area contributed by atoms with Gasteiger partial charge in [-0.2, -0.15) is 5.10 Å². The predicted molar refractivity (Wildman–Crippen MR) is 144 cm³/mol. The van der Waals surface area contributed by atoms with Gasteiger partial charge in [0.25, 0.3) is 0 Å². The van der Waals surface area contributed by atoms with Crippen LogP contribution in [0.25, 0.3) is 10.8 Å². The second-order valence-electron chi connectivity index (χ2n) is 7.79. The summed E-state index contributed by atoms with van der Waals surface area (Å²) in [7, 11) is 0. The van der Waals surface area contributed by atoms with E-state index in [-0.39, 0.29) is 18.1 Å². The van der Waals surface area contributed by atoms with E-state index < -0.39 is 0 Å². The predicted octanol–water partition coefficient (Wildman–Crippen LogP) is 6.25. The number of amides is 1. The summed E-state index contributed by atoms with van der Waals surface area (Å²) >= 11 is 2.21. The number of hydrogen-bond donors (Lipinski definition) is 1. The number of halogens is 2. The van der Waals surface area contributed by atoms with Crippen LogP contribution in [0.5, 0.6) is 11.5 Å². The van der Waals surface area contributed by atoms with Crippen LogP contribution >= 0.6 is 22.6 Å². The fraction of sp³-hybridized carbons (Fsp3) is 0.143. The van der Waals surface area contributed by atoms with Crippen LogP contribution in [0.1, 0.15) is 23.6 Å². The molecule has 178 valence electrons. The van der Waals surface area contributed by atoms with Crippen LogP contribution in [0.2, 0.25) is 0 Å². The van der Waals surface area contributed by atoms with E-state index in [9.17, 15) is 9.18 Å². The molecule has 0 unspecified atom stereocenters. The van der Waals surface area contributed by atoms with Crippen LogP contribution in [0.4, 0.5) is 4.39 Å². The van der Waals surface area contributed by atoms with Crippen molar-refractivity contribution in [2.45, 2.75) is 20.0 Å². The van der Waals surface area contributed by atoms with Crippen molar-refractivity contribution < 1.29 is 18.7 Å². The van der Waals surface area contributed by atoms with Gasteiger partial charge in [-0.05, 0) is 81.2 Å². The molecule has 0 aromatic heterocycles. The lowest BCUT2D eigenvalue weighted by molar-refractivity contribution is -0.120. The summed E-state index contributed by atoms with van der Waals surface area (Å²) in [5.74, 6) is 0.649. The normalized spacial score (nSPS) is 11.1. The van der Waals surface area contributed by atoms with Crippen molar-refractivity contribution in [2.24, 2.45) is 5.10 Å². The van der Waals surface area contributed by atoms with Gasteiger partial charge in [-0.15, -0.1) is 0 Å². The molecule has 1 N–H and O–H groups in total. The highest BCUT2D eigenvalue weighted by Crippen LogP contribution is 2.35. The Morgan fingerprint density at radius 2 is 1.80 bits per heavy atom. The second-order valence-corrected chi connectivity index (χ2v) is 8.95. The molecule has 4 rings (SSSR count). The molecule has 1 amide bonds. The maximum atomic E-state index is 13.0. The van der Waals surface area contributed by atoms with Gasteiger partial charge >= 0.3 is 0 Å². The Labute approximate surface area is 217 Å². The number of fused-ring (bicyclic) bond motifs is 1. The summed E-state index contributed by atoms with van der Waals surface area (Å²) in [6.45, 7) is 2.80. The average Bonchev–Trinajstić information content (AvgIpc) is 2.85. The third kappa shape index (κ3) is 6.57. The third-order valence-electron chi connectivity index (χ3n) is 5.26. The van der Waals surface area contributed by atoms with E-state index in [0.717, 1.165) is 20.1 Å². The monoisotopic (exact) mass is 582 g/mol. The van der Waals surface area contributed by atoms with Gasteiger partial charge in [-0.3, -0.25) is 4.79 Å². The standard InChI is InChI=1S/C28H24FIN2O3/c1-2-34-26-15-20(17-31-32-27(33)16-19-10-12-23(29)13-11-19)14-25(30)28(26)35-18-22-8-5-7-21-6-3-4-9-24(21)22/h3-15,17H,2,16,18H2,1H3,(H,32,33)/b31-17+. The number of carbonyl (C=O) groups excluding carboxylic acids is 1. The highest BCUT2D eigenvalue weighted by Gasteiger charge is 2.13. The van der Waals surface area contributed by atoms with E-state index in [1.165, 1.54) is 17.5 Å². The minimum Gasteiger partial charge on any atom is -0.490 e. The number of hydrazone groups is 1. The molecule has 0 fully saturated rings. The molecule has 0 saturated heterocycles. The lowest BCUT2D eigenvalue weighted by Crippen LogP contribution is -2.19. The van der Waals surface area contributed by atoms with Crippen molar-refractivity contribution in [1.82, 2.24) is 5.43 Å². The van der Waals surface area contributed by atoms with E-state index in [2.05, 4.69) is 57.4 Å². The van der Waals surface area contributed by atoms with Crippen molar-refractivity contribution in [3.63, 3.8) is 0 Å². The molecule has 5 nitrogen and oxygen atoms in total. The van der Waals surface area contributed by atoms with Crippen molar-refractivity contribution in [3.05, 3.63) is 105 Å². The van der Waals surface area contributed by atoms with Crippen molar-refractivity contribution >= 4 is 45.5 Å². The summed E-state index contributed by atoms with van der Waals surface area (Å²) < 4.78 is 25.9. The van der Waals surface area contributed by atoms with Crippen LogP contribution in [-0.2, 0) is 17.8 Å². The Morgan fingerprint density at radius 3 is 2.60 bits per heavy atom. The first-order valence-electron chi connectivity index (χ1n) is 11.2. The Hall–Kier alpha value is -3.46. The largest absolute Gasteiger partial charge is 0.490 e. The van der Waals surface area contributed by atoms with Gasteiger partial charge in [-0.1, -0.05) is 54.6 Å². The van der Waals surface area contributed by atoms with Crippen molar-refractivity contribution in [2.75, 3.05) is 6.61 Å². The van der Waals surface area contributed by atoms with E-state index in [1.54, 1.807) is 18.3 Å². The molecular weight excluding hydrogens is 558 g/mol. The average molecular weight is 582 g/mol. The van der Waals surface area contributed by atoms with Gasteiger partial charge in [0.1, 0.15) is 12.4 Å². The number of carbonyl (C=O) groups is 1. The summed E-state index contributed by atoms with van der Waals surface area (Å²) in [5, 5.41) is 6.38. The van der Waals surface area contributed by atoms with E-state index in [1.807, 2.05) is 37.3 Å². The molecule has 0 aliphatic rings. The van der Waals surface area contributed by atoms with Crippen molar-refractivity contribution in [1.29, 1.82) is 0 Å². The molecule has 0 atom stereocenters. The number of rotatable bonds is 9. The molecule has 0 heterocycles. The molecular formula is C28H24FIN2O3. The molecule has 0 saturated carbocycles. The SMILES string of the molecule is CCOc1cc(/C=N/NC(=O)Cc2ccc(F)cc2)cc(I)c1OCc1cccc2ccccc12. The smallest absolute Gasteiger partial charge is 0.244 e. The molecule has 4 aromatic rings. The minimum absolute atomic E-state index is 0.111. The molecule has 0 radical (unpaired) electrons. The lowest BCUT2D eigenvalue weighted by atomic mass is 10.1. The number of hydrogen-bond acceptors (Lipinski definition) is 4. The lowest BCUT2D eigenvalue weighted by Gasteiger charge is -2.15. The van der Waals surface area contributed by atoms with Gasteiger partial charge in [0.15, 0.2) is 11.5 Å². The van der Waals surface area contributed by atoms with Crippen molar-refractivity contribution in [3.8, 4) is 11.5 Å². The molecule has 7 heteroatoms. The number of nitrogens with one attached hydrogen (secondary N) is 1. The zero-order valence-electron chi connectivity index (χ0n) is 19.1. The van der Waals surface area contributed by atoms with E-state index in [0.29, 0.717) is 30.3 Å². The van der Waals surface area contributed by atoms with Crippen LogP contribution in [0, 0.1) is 9.39 Å². The van der Waals surface area contributed by atoms with E-state index in [4.69, 9.17) is 9.47 Å². The zero-order valence-corrected chi connectivity index (χ0v) is 21.3. The minimum atomic E-state index is -0.337. The highest BCUT2D eigenvalue weighted by atomic mass is 127. The summed E-state index contributed by atoms with van der Waals surface area (Å²) in [4.78, 5) is 12.1. The second kappa shape index (κ2) is 11.8. The maximum absolute atomic E-state index is 13.0. The highest BCUT2D eigenvalue weighted by molar-refractivity contribution is 14.1. The van der Waals surface area contributed by atoms with Crippen LogP contribution < -0.4 is 14.9 Å². The maximum Gasteiger partial charge on any atom is 0.244 e. The number of benzene rings is 4. The molecule has 0 aliphatic heterocycles. The van der Waals surface area contributed by atoms with Crippen LogP contribution in [0.15, 0.2) is 84.0 Å². The molecule has 0 spiro atoms. The first kappa shape index (κ1) is 24.7. The van der Waals surface area contributed by atoms with Crippen LogP contribution in [-0.4, -0.2) is 18.7 Å². The third-order valence-corrected chi connectivity index (χ3v) is 6.07. The Morgan fingerprint density at radius 1 is 1.03 bits per heavy atom. The number of nitrogens with zero attached hydrogens (tertiary/aromatic N) is 1. The topological polar surface area (TPSA) is 59.9 Å². The van der Waals surface area contributed by atoms with Gasteiger partial charge in [0.05, 0.1) is 22.8 Å².